The molecule has 4 aromatic rings. The summed E-state index contributed by atoms with van der Waals surface area (Å²) >= 11 is 5.98. The van der Waals surface area contributed by atoms with Crippen LogP contribution in [0.2, 0.25) is 5.02 Å². The van der Waals surface area contributed by atoms with Gasteiger partial charge in [-0.05, 0) is 30.5 Å². The molecule has 0 saturated carbocycles. The van der Waals surface area contributed by atoms with Crippen molar-refractivity contribution in [2.75, 3.05) is 0 Å². The molecule has 5 nitrogen and oxygen atoms in total. The highest BCUT2D eigenvalue weighted by Gasteiger charge is 2.19. The summed E-state index contributed by atoms with van der Waals surface area (Å²) in [5, 5.41) is 1.60. The van der Waals surface area contributed by atoms with E-state index in [1.165, 1.54) is 0 Å². The Morgan fingerprint density at radius 3 is 2.74 bits per heavy atom. The van der Waals surface area contributed by atoms with Crippen LogP contribution >= 0.6 is 11.6 Å². The molecule has 1 N–H and O–H groups in total. The van der Waals surface area contributed by atoms with Crippen LogP contribution in [0.5, 0.6) is 0 Å². The zero-order chi connectivity index (χ0) is 18.8. The lowest BCUT2D eigenvalue weighted by Crippen LogP contribution is -2.04. The molecule has 0 aliphatic rings. The molecule has 2 aromatic carbocycles. The largest absolute Gasteiger partial charge is 0.342 e. The number of carbonyl (C=O) groups is 1. The van der Waals surface area contributed by atoms with Gasteiger partial charge in [-0.1, -0.05) is 41.9 Å². The number of halogens is 1. The van der Waals surface area contributed by atoms with Crippen LogP contribution in [0.15, 0.2) is 65.9 Å². The van der Waals surface area contributed by atoms with Crippen molar-refractivity contribution in [3.8, 4) is 0 Å². The number of para-hydroxylation sites is 1. The molecule has 0 fully saturated rings. The van der Waals surface area contributed by atoms with Gasteiger partial charge in [0, 0.05) is 28.7 Å². The van der Waals surface area contributed by atoms with Crippen molar-refractivity contribution >= 4 is 35.0 Å². The van der Waals surface area contributed by atoms with E-state index in [0.717, 1.165) is 22.2 Å². The maximum atomic E-state index is 13.0. The molecule has 27 heavy (non-hydrogen) atoms. The average molecular weight is 377 g/mol. The van der Waals surface area contributed by atoms with Crippen LogP contribution in [0.3, 0.4) is 0 Å². The third-order valence-corrected chi connectivity index (χ3v) is 4.68. The van der Waals surface area contributed by atoms with Gasteiger partial charge < -0.3 is 9.55 Å². The van der Waals surface area contributed by atoms with Crippen LogP contribution in [-0.2, 0) is 13.1 Å². The Bertz CT molecular complexity index is 1120. The molecule has 0 unspecified atom stereocenters. The van der Waals surface area contributed by atoms with Gasteiger partial charge in [0.2, 0.25) is 5.78 Å². The SMILES string of the molecule is C=NCc1cnc(C(=O)c2cn(Cc3ccc(Cl)cc3)c3ccccc23)[nH]1. The number of hydrogen-bond acceptors (Lipinski definition) is 3. The summed E-state index contributed by atoms with van der Waals surface area (Å²) in [5.41, 5.74) is 3.48. The maximum absolute atomic E-state index is 13.0. The number of aliphatic imine (C=N–C) groups is 1. The van der Waals surface area contributed by atoms with Gasteiger partial charge in [-0.15, -0.1) is 0 Å². The number of benzene rings is 2. The second-order valence-corrected chi connectivity index (χ2v) is 6.72. The van der Waals surface area contributed by atoms with Crippen molar-refractivity contribution < 1.29 is 4.79 Å². The minimum Gasteiger partial charge on any atom is -0.342 e. The standard InChI is InChI=1S/C21H17ClN4O/c1-23-10-16-11-24-21(25-16)20(27)18-13-26(19-5-3-2-4-17(18)19)12-14-6-8-15(22)9-7-14/h2-9,11,13H,1,10,12H2,(H,24,25). The van der Waals surface area contributed by atoms with Crippen molar-refractivity contribution in [1.82, 2.24) is 14.5 Å². The monoisotopic (exact) mass is 376 g/mol. The summed E-state index contributed by atoms with van der Waals surface area (Å²) in [4.78, 5) is 24.1. The number of aromatic amines is 1. The quantitative estimate of drug-likeness (QED) is 0.398. The summed E-state index contributed by atoms with van der Waals surface area (Å²) in [5.74, 6) is 0.166. The van der Waals surface area contributed by atoms with Crippen LogP contribution in [0.25, 0.3) is 10.9 Å². The van der Waals surface area contributed by atoms with Gasteiger partial charge in [0.25, 0.3) is 0 Å². The second kappa shape index (κ2) is 7.21. The van der Waals surface area contributed by atoms with Crippen molar-refractivity contribution in [1.29, 1.82) is 0 Å². The maximum Gasteiger partial charge on any atom is 0.230 e. The van der Waals surface area contributed by atoms with E-state index < -0.39 is 0 Å². The van der Waals surface area contributed by atoms with E-state index in [9.17, 15) is 4.79 Å². The van der Waals surface area contributed by atoms with Crippen molar-refractivity contribution in [2.45, 2.75) is 13.1 Å². The number of fused-ring (bicyclic) bond motifs is 1. The first-order valence-corrected chi connectivity index (χ1v) is 8.87. The highest BCUT2D eigenvalue weighted by atomic mass is 35.5. The van der Waals surface area contributed by atoms with E-state index in [4.69, 9.17) is 11.6 Å². The van der Waals surface area contributed by atoms with E-state index in [0.29, 0.717) is 29.5 Å². The van der Waals surface area contributed by atoms with E-state index in [1.807, 2.05) is 54.7 Å². The Hall–Kier alpha value is -3.18. The van der Waals surface area contributed by atoms with Gasteiger partial charge in [0.15, 0.2) is 5.82 Å². The molecule has 0 saturated heterocycles. The van der Waals surface area contributed by atoms with E-state index >= 15 is 0 Å². The molecule has 0 radical (unpaired) electrons. The molecule has 0 aliphatic heterocycles. The minimum absolute atomic E-state index is 0.142. The molecule has 0 bridgehead atoms. The summed E-state index contributed by atoms with van der Waals surface area (Å²) in [6.45, 7) is 4.51. The second-order valence-electron chi connectivity index (χ2n) is 6.28. The Morgan fingerprint density at radius 1 is 1.19 bits per heavy atom. The molecule has 0 aliphatic carbocycles. The smallest absolute Gasteiger partial charge is 0.230 e. The average Bonchev–Trinajstić information content (AvgIpc) is 3.29. The van der Waals surface area contributed by atoms with Crippen LogP contribution in [0, 0.1) is 0 Å². The van der Waals surface area contributed by atoms with E-state index in [2.05, 4.69) is 26.2 Å². The lowest BCUT2D eigenvalue weighted by Gasteiger charge is -2.05. The summed E-state index contributed by atoms with van der Waals surface area (Å²) in [7, 11) is 0. The fraction of sp³-hybridized carbons (Fsp3) is 0.0952. The van der Waals surface area contributed by atoms with Gasteiger partial charge in [-0.3, -0.25) is 9.79 Å². The number of imidazole rings is 1. The Morgan fingerprint density at radius 2 is 1.96 bits per heavy atom. The molecular weight excluding hydrogens is 360 g/mol. The number of hydrogen-bond donors (Lipinski definition) is 1. The van der Waals surface area contributed by atoms with Crippen molar-refractivity contribution in [3.63, 3.8) is 0 Å². The summed E-state index contributed by atoms with van der Waals surface area (Å²) in [6.07, 6.45) is 3.50. The molecule has 134 valence electrons. The highest BCUT2D eigenvalue weighted by Crippen LogP contribution is 2.24. The Kier molecular flexibility index (Phi) is 4.60. The van der Waals surface area contributed by atoms with Crippen LogP contribution in [-0.4, -0.2) is 27.0 Å². The normalized spacial score (nSPS) is 11.0. The Balaban J connectivity index is 1.73. The first kappa shape index (κ1) is 17.2. The molecule has 6 heteroatoms. The third-order valence-electron chi connectivity index (χ3n) is 4.43. The predicted octanol–water partition coefficient (Wildman–Crippen LogP) is 4.50. The predicted molar refractivity (Wildman–Crippen MR) is 108 cm³/mol. The van der Waals surface area contributed by atoms with E-state index in [-0.39, 0.29) is 5.78 Å². The van der Waals surface area contributed by atoms with Crippen molar-refractivity contribution in [3.05, 3.63) is 88.6 Å². The van der Waals surface area contributed by atoms with E-state index in [1.54, 1.807) is 6.20 Å². The first-order chi connectivity index (χ1) is 13.2. The summed E-state index contributed by atoms with van der Waals surface area (Å²) < 4.78 is 2.07. The number of nitrogens with zero attached hydrogens (tertiary/aromatic N) is 3. The van der Waals surface area contributed by atoms with Gasteiger partial charge in [-0.2, -0.15) is 0 Å². The fourth-order valence-electron chi connectivity index (χ4n) is 3.15. The van der Waals surface area contributed by atoms with Gasteiger partial charge in [0.05, 0.1) is 24.0 Å². The molecule has 0 spiro atoms. The third kappa shape index (κ3) is 3.41. The molecule has 2 heterocycles. The Labute approximate surface area is 161 Å². The van der Waals surface area contributed by atoms with Crippen LogP contribution < -0.4 is 0 Å². The zero-order valence-corrected chi connectivity index (χ0v) is 15.3. The number of nitrogens with one attached hydrogen (secondary N) is 1. The number of H-pyrrole nitrogens is 1. The minimum atomic E-state index is -0.142. The zero-order valence-electron chi connectivity index (χ0n) is 14.5. The lowest BCUT2D eigenvalue weighted by molar-refractivity contribution is 0.103. The molecular formula is C21H17ClN4O. The molecule has 0 amide bonds. The van der Waals surface area contributed by atoms with Gasteiger partial charge >= 0.3 is 0 Å². The molecule has 0 atom stereocenters. The number of ketones is 1. The number of rotatable bonds is 6. The van der Waals surface area contributed by atoms with Crippen LogP contribution in [0.1, 0.15) is 27.4 Å². The molecule has 4 rings (SSSR count). The first-order valence-electron chi connectivity index (χ1n) is 8.49. The van der Waals surface area contributed by atoms with Gasteiger partial charge in [-0.25, -0.2) is 4.98 Å². The summed E-state index contributed by atoms with van der Waals surface area (Å²) in [6, 6.07) is 15.6. The van der Waals surface area contributed by atoms with Crippen LogP contribution in [0.4, 0.5) is 0 Å². The highest BCUT2D eigenvalue weighted by molar-refractivity contribution is 6.30. The van der Waals surface area contributed by atoms with Gasteiger partial charge in [0.1, 0.15) is 0 Å². The molecule has 2 aromatic heterocycles. The fourth-order valence-corrected chi connectivity index (χ4v) is 3.27. The topological polar surface area (TPSA) is 63.0 Å². The number of aromatic nitrogens is 3. The lowest BCUT2D eigenvalue weighted by atomic mass is 10.1. The van der Waals surface area contributed by atoms with Crippen molar-refractivity contribution in [2.24, 2.45) is 4.99 Å². The number of carbonyl (C=O) groups excluding carboxylic acids is 1.